The van der Waals surface area contributed by atoms with E-state index in [1.807, 2.05) is 36.9 Å². The summed E-state index contributed by atoms with van der Waals surface area (Å²) in [5.41, 5.74) is 0.654. The van der Waals surface area contributed by atoms with Crippen molar-refractivity contribution in [3.05, 3.63) is 36.2 Å². The molecule has 1 aromatic rings. The molecule has 10 nitrogen and oxygen atoms in total. The first-order valence-electron chi connectivity index (χ1n) is 15.6. The lowest BCUT2D eigenvalue weighted by molar-refractivity contribution is -0.274. The molecule has 0 N–H and O–H groups in total. The zero-order chi connectivity index (χ0) is 30.4. The normalized spacial score (nSPS) is 24.5. The van der Waals surface area contributed by atoms with E-state index >= 15 is 0 Å². The molecule has 4 rings (SSSR count). The zero-order valence-corrected chi connectivity index (χ0v) is 26.3. The van der Waals surface area contributed by atoms with Crippen LogP contribution in [0.15, 0.2) is 30.5 Å². The number of pyridine rings is 1. The summed E-state index contributed by atoms with van der Waals surface area (Å²) in [4.78, 5) is 60.1. The van der Waals surface area contributed by atoms with Gasteiger partial charge in [0.05, 0.1) is 12.2 Å². The fourth-order valence-electron chi connectivity index (χ4n) is 6.29. The van der Waals surface area contributed by atoms with Gasteiger partial charge in [-0.2, -0.15) is 5.06 Å². The van der Waals surface area contributed by atoms with Gasteiger partial charge < -0.3 is 19.6 Å². The number of nitrogens with zero attached hydrogens (tertiary/aromatic N) is 6. The molecule has 0 radical (unpaired) electrons. The van der Waals surface area contributed by atoms with Gasteiger partial charge in [0.25, 0.3) is 11.8 Å². The number of rotatable bonds is 11. The molecule has 0 unspecified atom stereocenters. The number of amides is 3. The summed E-state index contributed by atoms with van der Waals surface area (Å²) in [5, 5.41) is 1.34. The predicted octanol–water partition coefficient (Wildman–Crippen LogP) is 3.11. The quantitative estimate of drug-likeness (QED) is 0.371. The van der Waals surface area contributed by atoms with Gasteiger partial charge in [0.1, 0.15) is 6.04 Å². The van der Waals surface area contributed by atoms with Crippen LogP contribution in [0.25, 0.3) is 6.08 Å². The van der Waals surface area contributed by atoms with Gasteiger partial charge in [-0.1, -0.05) is 33.8 Å². The Morgan fingerprint density at radius 2 is 1.81 bits per heavy atom. The van der Waals surface area contributed by atoms with Crippen molar-refractivity contribution < 1.29 is 19.2 Å². The molecule has 10 heteroatoms. The molecular formula is C32H50N6O4. The van der Waals surface area contributed by atoms with E-state index in [-0.39, 0.29) is 36.1 Å². The second-order valence-corrected chi connectivity index (χ2v) is 13.0. The summed E-state index contributed by atoms with van der Waals surface area (Å²) in [6.07, 6.45) is 7.41. The number of hydrogen-bond acceptors (Lipinski definition) is 7. The summed E-state index contributed by atoms with van der Waals surface area (Å²) >= 11 is 0. The van der Waals surface area contributed by atoms with Crippen molar-refractivity contribution >= 4 is 23.8 Å². The number of piperidine rings is 1. The van der Waals surface area contributed by atoms with Gasteiger partial charge in [0.2, 0.25) is 5.91 Å². The third-order valence-electron chi connectivity index (χ3n) is 8.61. The monoisotopic (exact) mass is 582 g/mol. The maximum atomic E-state index is 13.9. The van der Waals surface area contributed by atoms with Gasteiger partial charge >= 0.3 is 0 Å². The molecule has 0 bridgehead atoms. The molecule has 3 aliphatic heterocycles. The Morgan fingerprint density at radius 3 is 2.45 bits per heavy atom. The van der Waals surface area contributed by atoms with Crippen LogP contribution < -0.4 is 0 Å². The van der Waals surface area contributed by atoms with Crippen LogP contribution in [-0.4, -0.2) is 119 Å². The molecule has 0 aromatic carbocycles. The second kappa shape index (κ2) is 14.6. The molecule has 232 valence electrons. The Hall–Kier alpha value is -2.82. The third kappa shape index (κ3) is 7.96. The average Bonchev–Trinajstić information content (AvgIpc) is 2.95. The molecule has 3 amide bonds. The van der Waals surface area contributed by atoms with Crippen molar-refractivity contribution in [3.8, 4) is 0 Å². The Kier molecular flexibility index (Phi) is 11.1. The van der Waals surface area contributed by atoms with Gasteiger partial charge in [-0.15, -0.1) is 0 Å². The van der Waals surface area contributed by atoms with Crippen molar-refractivity contribution in [1.82, 2.24) is 29.6 Å². The van der Waals surface area contributed by atoms with Crippen molar-refractivity contribution in [2.24, 2.45) is 11.8 Å². The number of hydroxylamine groups is 2. The van der Waals surface area contributed by atoms with E-state index in [1.165, 1.54) is 11.1 Å². The van der Waals surface area contributed by atoms with Crippen LogP contribution in [0.1, 0.15) is 65.5 Å². The van der Waals surface area contributed by atoms with E-state index in [0.717, 1.165) is 38.9 Å². The number of aromatic nitrogens is 1. The largest absolute Gasteiger partial charge is 0.337 e. The van der Waals surface area contributed by atoms with Crippen molar-refractivity contribution in [2.75, 3.05) is 46.8 Å². The lowest BCUT2D eigenvalue weighted by Gasteiger charge is -2.53. The molecule has 3 atom stereocenters. The van der Waals surface area contributed by atoms with Crippen LogP contribution in [-0.2, 0) is 19.2 Å². The summed E-state index contributed by atoms with van der Waals surface area (Å²) in [6.45, 7) is 12.1. The van der Waals surface area contributed by atoms with E-state index in [4.69, 9.17) is 4.84 Å². The Bertz CT molecular complexity index is 1090. The Labute approximate surface area is 251 Å². The molecule has 3 fully saturated rings. The average molecular weight is 583 g/mol. The maximum absolute atomic E-state index is 13.9. The summed E-state index contributed by atoms with van der Waals surface area (Å²) in [6, 6.07) is 5.43. The van der Waals surface area contributed by atoms with Crippen LogP contribution in [0.3, 0.4) is 0 Å². The summed E-state index contributed by atoms with van der Waals surface area (Å²) in [7, 11) is 4.34. The topological polar surface area (TPSA) is 89.5 Å². The molecule has 3 saturated heterocycles. The lowest BCUT2D eigenvalue weighted by Crippen LogP contribution is -2.73. The predicted molar refractivity (Wildman–Crippen MR) is 163 cm³/mol. The number of fused-ring (bicyclic) bond motifs is 1. The molecule has 0 saturated carbocycles. The van der Waals surface area contributed by atoms with Gasteiger partial charge in [-0.3, -0.25) is 24.2 Å². The fraction of sp³-hybridized carbons (Fsp3) is 0.688. The number of carbonyl (C=O) groups is 3. The minimum absolute atomic E-state index is 0.0307. The summed E-state index contributed by atoms with van der Waals surface area (Å²) in [5.74, 6) is -0.221. The second-order valence-electron chi connectivity index (χ2n) is 13.0. The Balaban J connectivity index is 1.54. The molecule has 3 aliphatic rings. The fourth-order valence-corrected chi connectivity index (χ4v) is 6.29. The first-order valence-corrected chi connectivity index (χ1v) is 15.6. The van der Waals surface area contributed by atoms with Crippen LogP contribution in [0.4, 0.5) is 0 Å². The number of hydrogen-bond donors (Lipinski definition) is 0. The lowest BCUT2D eigenvalue weighted by atomic mass is 9.95. The van der Waals surface area contributed by atoms with Crippen molar-refractivity contribution in [1.29, 1.82) is 0 Å². The first-order chi connectivity index (χ1) is 20.0. The number of piperazine rings is 1. The van der Waals surface area contributed by atoms with Gasteiger partial charge in [0.15, 0.2) is 12.3 Å². The standard InChI is InChI=1S/C32H50N6O4/c1-23(2)20-27-31(40)36(17-9-16-35(6)26-13-18-34(5)19-14-26)22-29-37(27)32(41)28(21-24(3)4)42-38(29)30(39)12-11-25-10-7-8-15-33-25/h7-8,10-12,15,23-24,26-29H,9,13-14,16-22H2,1-6H3/b12-11+/t27-,28+,29-/m0/s1. The molecule has 1 aromatic heterocycles. The SMILES string of the molecule is CC(C)C[C@H]1ON(C(=O)/C=C/c2ccccn2)[C@H]2CN(CCCN(C)C3CCN(C)CC3)C(=O)[C@H](CC(C)C)N2C1=O. The van der Waals surface area contributed by atoms with E-state index in [2.05, 4.69) is 42.7 Å². The molecular weight excluding hydrogens is 532 g/mol. The van der Waals surface area contributed by atoms with Crippen LogP contribution >= 0.6 is 0 Å². The van der Waals surface area contributed by atoms with Crippen LogP contribution in [0.2, 0.25) is 0 Å². The van der Waals surface area contributed by atoms with E-state index in [0.29, 0.717) is 31.1 Å². The molecule has 0 aliphatic carbocycles. The number of likely N-dealkylation sites (tertiary alicyclic amines) is 1. The van der Waals surface area contributed by atoms with Crippen molar-refractivity contribution in [2.45, 2.75) is 84.2 Å². The third-order valence-corrected chi connectivity index (χ3v) is 8.61. The summed E-state index contributed by atoms with van der Waals surface area (Å²) < 4.78 is 0. The first kappa shape index (κ1) is 32.1. The van der Waals surface area contributed by atoms with Crippen LogP contribution in [0, 0.1) is 11.8 Å². The highest BCUT2D eigenvalue weighted by atomic mass is 16.7. The maximum Gasteiger partial charge on any atom is 0.272 e. The Morgan fingerprint density at radius 1 is 1.10 bits per heavy atom. The van der Waals surface area contributed by atoms with Gasteiger partial charge in [-0.05, 0) is 95.9 Å². The minimum atomic E-state index is -0.814. The van der Waals surface area contributed by atoms with E-state index in [9.17, 15) is 14.4 Å². The zero-order valence-electron chi connectivity index (χ0n) is 26.3. The highest BCUT2D eigenvalue weighted by Gasteiger charge is 2.52. The van der Waals surface area contributed by atoms with Crippen molar-refractivity contribution in [3.63, 3.8) is 0 Å². The van der Waals surface area contributed by atoms with Crippen LogP contribution in [0.5, 0.6) is 0 Å². The highest BCUT2D eigenvalue weighted by molar-refractivity contribution is 5.95. The molecule has 4 heterocycles. The van der Waals surface area contributed by atoms with Gasteiger partial charge in [-0.25, -0.2) is 0 Å². The minimum Gasteiger partial charge on any atom is -0.337 e. The van der Waals surface area contributed by atoms with Gasteiger partial charge in [0, 0.05) is 24.9 Å². The molecule has 0 spiro atoms. The smallest absolute Gasteiger partial charge is 0.272 e. The van der Waals surface area contributed by atoms with E-state index < -0.39 is 18.3 Å². The molecule has 42 heavy (non-hydrogen) atoms. The van der Waals surface area contributed by atoms with E-state index in [1.54, 1.807) is 17.2 Å². The highest BCUT2D eigenvalue weighted by Crippen LogP contribution is 2.32. The number of carbonyl (C=O) groups excluding carboxylic acids is 3.